The fourth-order valence-electron chi connectivity index (χ4n) is 1.83. The van der Waals surface area contributed by atoms with Gasteiger partial charge in [0.1, 0.15) is 12.4 Å². The van der Waals surface area contributed by atoms with Crippen LogP contribution in [0.4, 0.5) is 0 Å². The van der Waals surface area contributed by atoms with Gasteiger partial charge in [-0.25, -0.2) is 0 Å². The van der Waals surface area contributed by atoms with Gasteiger partial charge in [-0.05, 0) is 25.5 Å². The number of nitrogens with one attached hydrogen (secondary N) is 1. The first-order valence-electron chi connectivity index (χ1n) is 6.84. The molecule has 0 fully saturated rings. The summed E-state index contributed by atoms with van der Waals surface area (Å²) in [6.45, 7) is 5.97. The van der Waals surface area contributed by atoms with Crippen molar-refractivity contribution < 1.29 is 4.74 Å². The van der Waals surface area contributed by atoms with Gasteiger partial charge in [-0.3, -0.25) is 0 Å². The molecule has 0 radical (unpaired) electrons. The highest BCUT2D eigenvalue weighted by molar-refractivity contribution is 6.32. The molecule has 1 atom stereocenters. The summed E-state index contributed by atoms with van der Waals surface area (Å²) >= 11 is 6.00. The summed E-state index contributed by atoms with van der Waals surface area (Å²) in [5, 5.41) is 4.14. The van der Waals surface area contributed by atoms with Gasteiger partial charge in [-0.2, -0.15) is 0 Å². The maximum absolute atomic E-state index is 6.00. The van der Waals surface area contributed by atoms with Crippen molar-refractivity contribution in [2.45, 2.75) is 45.6 Å². The first-order valence-corrected chi connectivity index (χ1v) is 7.22. The van der Waals surface area contributed by atoms with E-state index in [2.05, 4.69) is 19.2 Å². The van der Waals surface area contributed by atoms with Gasteiger partial charge in [0.05, 0.1) is 5.02 Å². The molecule has 0 saturated heterocycles. The average Bonchev–Trinajstić information content (AvgIpc) is 2.37. The molecule has 3 heteroatoms. The van der Waals surface area contributed by atoms with E-state index < -0.39 is 0 Å². The molecule has 1 aromatic carbocycles. The summed E-state index contributed by atoms with van der Waals surface area (Å²) < 4.78 is 5.62. The highest BCUT2D eigenvalue weighted by atomic mass is 35.5. The van der Waals surface area contributed by atoms with E-state index in [0.717, 1.165) is 12.3 Å². The highest BCUT2D eigenvalue weighted by Gasteiger charge is 2.02. The van der Waals surface area contributed by atoms with Gasteiger partial charge >= 0.3 is 0 Å². The third-order valence-corrected chi connectivity index (χ3v) is 3.24. The molecule has 0 bridgehead atoms. The second kappa shape index (κ2) is 9.23. The minimum atomic E-state index is 0.561. The Morgan fingerprint density at radius 2 is 2.06 bits per heavy atom. The number of ether oxygens (including phenoxy) is 1. The van der Waals surface area contributed by atoms with Gasteiger partial charge in [-0.15, -0.1) is 0 Å². The smallest absolute Gasteiger partial charge is 0.137 e. The lowest BCUT2D eigenvalue weighted by atomic mass is 10.1. The van der Waals surface area contributed by atoms with Crippen LogP contribution in [0.2, 0.25) is 5.02 Å². The molecular weight excluding hydrogens is 246 g/mol. The van der Waals surface area contributed by atoms with E-state index in [0.29, 0.717) is 17.7 Å². The van der Waals surface area contributed by atoms with Crippen LogP contribution in [0.15, 0.2) is 24.3 Å². The largest absolute Gasteiger partial charge is 0.491 e. The van der Waals surface area contributed by atoms with Gasteiger partial charge < -0.3 is 10.1 Å². The zero-order valence-electron chi connectivity index (χ0n) is 11.4. The van der Waals surface area contributed by atoms with Crippen molar-refractivity contribution in [3.05, 3.63) is 29.3 Å². The maximum atomic E-state index is 6.00. The number of rotatable bonds is 9. The van der Waals surface area contributed by atoms with Gasteiger partial charge in [0.25, 0.3) is 0 Å². The van der Waals surface area contributed by atoms with Crippen molar-refractivity contribution in [1.29, 1.82) is 0 Å². The maximum Gasteiger partial charge on any atom is 0.137 e. The van der Waals surface area contributed by atoms with Crippen molar-refractivity contribution in [3.63, 3.8) is 0 Å². The molecule has 102 valence electrons. The van der Waals surface area contributed by atoms with Crippen LogP contribution >= 0.6 is 11.6 Å². The first kappa shape index (κ1) is 15.3. The van der Waals surface area contributed by atoms with Crippen LogP contribution in [0.5, 0.6) is 5.75 Å². The Hall–Kier alpha value is -0.730. The van der Waals surface area contributed by atoms with Crippen molar-refractivity contribution in [3.8, 4) is 5.75 Å². The summed E-state index contributed by atoms with van der Waals surface area (Å²) in [5.74, 6) is 0.764. The van der Waals surface area contributed by atoms with Crippen LogP contribution < -0.4 is 10.1 Å². The van der Waals surface area contributed by atoms with Crippen LogP contribution in [-0.2, 0) is 0 Å². The minimum Gasteiger partial charge on any atom is -0.491 e. The molecule has 0 heterocycles. The van der Waals surface area contributed by atoms with Crippen molar-refractivity contribution >= 4 is 11.6 Å². The number of hydrogen-bond donors (Lipinski definition) is 1. The van der Waals surface area contributed by atoms with E-state index >= 15 is 0 Å². The number of halogens is 1. The minimum absolute atomic E-state index is 0.561. The number of hydrogen-bond acceptors (Lipinski definition) is 2. The molecule has 0 saturated carbocycles. The summed E-state index contributed by atoms with van der Waals surface area (Å²) in [6, 6.07) is 8.14. The van der Waals surface area contributed by atoms with E-state index in [1.165, 1.54) is 25.7 Å². The van der Waals surface area contributed by atoms with Crippen molar-refractivity contribution in [2.24, 2.45) is 0 Å². The Balaban J connectivity index is 2.09. The normalized spacial score (nSPS) is 12.4. The summed E-state index contributed by atoms with van der Waals surface area (Å²) in [4.78, 5) is 0. The molecule has 0 aromatic heterocycles. The molecule has 18 heavy (non-hydrogen) atoms. The summed E-state index contributed by atoms with van der Waals surface area (Å²) in [5.41, 5.74) is 0. The third-order valence-electron chi connectivity index (χ3n) is 2.93. The molecule has 2 nitrogen and oxygen atoms in total. The summed E-state index contributed by atoms with van der Waals surface area (Å²) in [7, 11) is 0. The first-order chi connectivity index (χ1) is 8.74. The monoisotopic (exact) mass is 269 g/mol. The van der Waals surface area contributed by atoms with Crippen LogP contribution in [0.1, 0.15) is 39.5 Å². The predicted molar refractivity (Wildman–Crippen MR) is 78.6 cm³/mol. The molecule has 0 amide bonds. The van der Waals surface area contributed by atoms with Crippen molar-refractivity contribution in [2.75, 3.05) is 13.2 Å². The molecule has 0 aliphatic heterocycles. The van der Waals surface area contributed by atoms with Gasteiger partial charge in [0.2, 0.25) is 0 Å². The zero-order valence-corrected chi connectivity index (χ0v) is 12.2. The predicted octanol–water partition coefficient (Wildman–Crippen LogP) is 4.28. The van der Waals surface area contributed by atoms with Crippen LogP contribution in [0.3, 0.4) is 0 Å². The van der Waals surface area contributed by atoms with E-state index in [4.69, 9.17) is 16.3 Å². The second-order valence-corrected chi connectivity index (χ2v) is 5.04. The van der Waals surface area contributed by atoms with E-state index in [9.17, 15) is 0 Å². The summed E-state index contributed by atoms with van der Waals surface area (Å²) in [6.07, 6.45) is 5.14. The molecule has 1 unspecified atom stereocenters. The molecule has 1 rings (SSSR count). The Bertz CT molecular complexity index is 330. The van der Waals surface area contributed by atoms with Crippen LogP contribution in [0.25, 0.3) is 0 Å². The van der Waals surface area contributed by atoms with Crippen molar-refractivity contribution in [1.82, 2.24) is 5.32 Å². The fourth-order valence-corrected chi connectivity index (χ4v) is 2.02. The molecule has 1 N–H and O–H groups in total. The van der Waals surface area contributed by atoms with E-state index in [-0.39, 0.29) is 0 Å². The molecule has 1 aromatic rings. The Labute approximate surface area is 116 Å². The lowest BCUT2D eigenvalue weighted by Crippen LogP contribution is -2.30. The number of unbranched alkanes of at least 4 members (excludes halogenated alkanes) is 2. The average molecular weight is 270 g/mol. The quantitative estimate of drug-likeness (QED) is 0.676. The van der Waals surface area contributed by atoms with Crippen LogP contribution in [0, 0.1) is 0 Å². The topological polar surface area (TPSA) is 21.3 Å². The lowest BCUT2D eigenvalue weighted by Gasteiger charge is -2.14. The van der Waals surface area contributed by atoms with E-state index in [1.807, 2.05) is 24.3 Å². The molecule has 0 spiro atoms. The molecule has 0 aliphatic rings. The highest BCUT2D eigenvalue weighted by Crippen LogP contribution is 2.22. The van der Waals surface area contributed by atoms with Crippen LogP contribution in [-0.4, -0.2) is 19.2 Å². The van der Waals surface area contributed by atoms with Gasteiger partial charge in [0, 0.05) is 12.6 Å². The SMILES string of the molecule is CCCCCC(C)NCCOc1ccccc1Cl. The third kappa shape index (κ3) is 6.27. The zero-order chi connectivity index (χ0) is 13.2. The number of para-hydroxylation sites is 1. The Morgan fingerprint density at radius 1 is 1.28 bits per heavy atom. The number of benzene rings is 1. The standard InChI is InChI=1S/C15H24ClNO/c1-3-4-5-8-13(2)17-11-12-18-15-10-7-6-9-14(15)16/h6-7,9-10,13,17H,3-5,8,11-12H2,1-2H3. The van der Waals surface area contributed by atoms with Gasteiger partial charge in [0.15, 0.2) is 0 Å². The lowest BCUT2D eigenvalue weighted by molar-refractivity contribution is 0.304. The second-order valence-electron chi connectivity index (χ2n) is 4.63. The molecule has 0 aliphatic carbocycles. The molecular formula is C15H24ClNO. The Morgan fingerprint density at radius 3 is 2.78 bits per heavy atom. The fraction of sp³-hybridized carbons (Fsp3) is 0.600. The van der Waals surface area contributed by atoms with Gasteiger partial charge in [-0.1, -0.05) is 49.9 Å². The Kier molecular flexibility index (Phi) is 7.86. The van der Waals surface area contributed by atoms with E-state index in [1.54, 1.807) is 0 Å².